The molecule has 84 valence electrons. The number of aliphatic hydroxyl groups excluding tert-OH is 1. The van der Waals surface area contributed by atoms with Gasteiger partial charge in [0.15, 0.2) is 0 Å². The molecule has 0 amide bonds. The number of hydrogen-bond acceptors (Lipinski definition) is 1. The first-order chi connectivity index (χ1) is 7.04. The lowest BCUT2D eigenvalue weighted by Crippen LogP contribution is -2.27. The fourth-order valence-corrected chi connectivity index (χ4v) is 2.07. The largest absolute Gasteiger partial charge is 0.392 e. The maximum Gasteiger partial charge on any atom is 0.0634 e. The third-order valence-corrected chi connectivity index (χ3v) is 2.95. The quantitative estimate of drug-likeness (QED) is 0.800. The topological polar surface area (TPSA) is 20.2 Å². The Balaban J connectivity index is 2.93. The van der Waals surface area contributed by atoms with Gasteiger partial charge in [-0.25, -0.2) is 0 Å². The fourth-order valence-electron chi connectivity index (χ4n) is 2.07. The van der Waals surface area contributed by atoms with Crippen LogP contribution in [-0.2, 0) is 0 Å². The van der Waals surface area contributed by atoms with E-state index in [2.05, 4.69) is 39.8 Å². The Kier molecular flexibility index (Phi) is 4.34. The van der Waals surface area contributed by atoms with E-state index in [1.165, 1.54) is 5.56 Å². The minimum absolute atomic E-state index is 0.242. The number of aliphatic hydroxyl groups is 1. The van der Waals surface area contributed by atoms with Crippen molar-refractivity contribution < 1.29 is 5.11 Å². The summed E-state index contributed by atoms with van der Waals surface area (Å²) in [5.74, 6) is 1.01. The zero-order chi connectivity index (χ0) is 11.4. The molecule has 0 aliphatic heterocycles. The summed E-state index contributed by atoms with van der Waals surface area (Å²) in [5, 5.41) is 10.2. The maximum absolute atomic E-state index is 10.2. The lowest BCUT2D eigenvalue weighted by Gasteiger charge is -2.29. The standard InChI is InChI=1S/C14H22O/c1-10(2)13(14(15)11(3)4)12-8-6-5-7-9-12/h5-11,13-15H,1-4H3/t13-,14-/m1/s1. The molecule has 15 heavy (non-hydrogen) atoms. The molecule has 0 aliphatic rings. The average molecular weight is 206 g/mol. The van der Waals surface area contributed by atoms with E-state index < -0.39 is 0 Å². The van der Waals surface area contributed by atoms with Gasteiger partial charge < -0.3 is 5.11 Å². The molecule has 0 aromatic heterocycles. The summed E-state index contributed by atoms with van der Waals surface area (Å²) in [6.07, 6.45) is -0.257. The summed E-state index contributed by atoms with van der Waals surface area (Å²) < 4.78 is 0. The summed E-state index contributed by atoms with van der Waals surface area (Å²) in [6.45, 7) is 8.48. The van der Waals surface area contributed by atoms with Gasteiger partial charge in [-0.1, -0.05) is 58.0 Å². The molecule has 0 saturated carbocycles. The summed E-state index contributed by atoms with van der Waals surface area (Å²) >= 11 is 0. The molecule has 1 aromatic carbocycles. The van der Waals surface area contributed by atoms with Crippen LogP contribution in [0.1, 0.15) is 39.2 Å². The van der Waals surface area contributed by atoms with E-state index >= 15 is 0 Å². The van der Waals surface area contributed by atoms with Crippen molar-refractivity contribution in [3.05, 3.63) is 35.9 Å². The van der Waals surface area contributed by atoms with Crippen molar-refractivity contribution in [2.75, 3.05) is 0 Å². The van der Waals surface area contributed by atoms with Crippen molar-refractivity contribution in [3.8, 4) is 0 Å². The van der Waals surface area contributed by atoms with Gasteiger partial charge >= 0.3 is 0 Å². The summed E-state index contributed by atoms with van der Waals surface area (Å²) in [6, 6.07) is 10.3. The number of rotatable bonds is 4. The molecule has 2 atom stereocenters. The molecule has 0 bridgehead atoms. The first-order valence-electron chi connectivity index (χ1n) is 5.77. The highest BCUT2D eigenvalue weighted by Gasteiger charge is 2.26. The van der Waals surface area contributed by atoms with Crippen LogP contribution in [0.3, 0.4) is 0 Å². The summed E-state index contributed by atoms with van der Waals surface area (Å²) in [7, 11) is 0. The summed E-state index contributed by atoms with van der Waals surface area (Å²) in [5.41, 5.74) is 1.24. The molecule has 1 aromatic rings. The minimum Gasteiger partial charge on any atom is -0.392 e. The monoisotopic (exact) mass is 206 g/mol. The van der Waals surface area contributed by atoms with Crippen molar-refractivity contribution in [1.82, 2.24) is 0 Å². The zero-order valence-electron chi connectivity index (χ0n) is 10.1. The van der Waals surface area contributed by atoms with Crippen LogP contribution in [0.15, 0.2) is 30.3 Å². The second-order valence-corrected chi connectivity index (χ2v) is 4.92. The van der Waals surface area contributed by atoms with E-state index in [1.54, 1.807) is 0 Å². The van der Waals surface area contributed by atoms with Gasteiger partial charge in [0.2, 0.25) is 0 Å². The van der Waals surface area contributed by atoms with E-state index in [0.717, 1.165) is 0 Å². The number of benzene rings is 1. The first kappa shape index (κ1) is 12.3. The van der Waals surface area contributed by atoms with Crippen molar-refractivity contribution in [3.63, 3.8) is 0 Å². The van der Waals surface area contributed by atoms with Gasteiger partial charge in [0.25, 0.3) is 0 Å². The Bertz CT molecular complexity index is 277. The Morgan fingerprint density at radius 1 is 0.867 bits per heavy atom. The van der Waals surface area contributed by atoms with Gasteiger partial charge in [-0.05, 0) is 17.4 Å². The molecule has 1 nitrogen and oxygen atoms in total. The molecule has 1 rings (SSSR count). The zero-order valence-corrected chi connectivity index (χ0v) is 10.1. The first-order valence-corrected chi connectivity index (χ1v) is 5.77. The van der Waals surface area contributed by atoms with Crippen molar-refractivity contribution in [1.29, 1.82) is 0 Å². The van der Waals surface area contributed by atoms with Crippen LogP contribution in [0.4, 0.5) is 0 Å². The molecule has 0 radical (unpaired) electrons. The average Bonchev–Trinajstić information content (AvgIpc) is 2.18. The van der Waals surface area contributed by atoms with Crippen molar-refractivity contribution in [2.24, 2.45) is 11.8 Å². The van der Waals surface area contributed by atoms with E-state index in [1.807, 2.05) is 18.2 Å². The lowest BCUT2D eigenvalue weighted by atomic mass is 9.80. The molecular weight excluding hydrogens is 184 g/mol. The van der Waals surface area contributed by atoms with Crippen molar-refractivity contribution >= 4 is 0 Å². The van der Waals surface area contributed by atoms with E-state index in [-0.39, 0.29) is 12.0 Å². The number of hydrogen-bond donors (Lipinski definition) is 1. The third-order valence-electron chi connectivity index (χ3n) is 2.95. The lowest BCUT2D eigenvalue weighted by molar-refractivity contribution is 0.0788. The third kappa shape index (κ3) is 3.07. The van der Waals surface area contributed by atoms with E-state index in [0.29, 0.717) is 11.8 Å². The predicted molar refractivity (Wildman–Crippen MR) is 64.9 cm³/mol. The van der Waals surface area contributed by atoms with Crippen LogP contribution in [0, 0.1) is 11.8 Å². The van der Waals surface area contributed by atoms with Gasteiger partial charge in [0.1, 0.15) is 0 Å². The van der Waals surface area contributed by atoms with Crippen LogP contribution in [0.25, 0.3) is 0 Å². The Hall–Kier alpha value is -0.820. The molecule has 0 spiro atoms. The fraction of sp³-hybridized carbons (Fsp3) is 0.571. The van der Waals surface area contributed by atoms with Gasteiger partial charge in [-0.15, -0.1) is 0 Å². The Labute approximate surface area is 93.1 Å². The SMILES string of the molecule is CC(C)[C@@H](O)[C@@H](c1ccccc1)C(C)C. The second-order valence-electron chi connectivity index (χ2n) is 4.92. The minimum atomic E-state index is -0.257. The van der Waals surface area contributed by atoms with Gasteiger partial charge in [0.05, 0.1) is 6.10 Å². The highest BCUT2D eigenvalue weighted by Crippen LogP contribution is 2.31. The molecule has 1 heteroatoms. The van der Waals surface area contributed by atoms with E-state index in [4.69, 9.17) is 0 Å². The van der Waals surface area contributed by atoms with Crippen molar-refractivity contribution in [2.45, 2.75) is 39.7 Å². The molecule has 0 saturated heterocycles. The summed E-state index contributed by atoms with van der Waals surface area (Å²) in [4.78, 5) is 0. The normalized spacial score (nSPS) is 15.7. The van der Waals surface area contributed by atoms with Gasteiger partial charge in [0, 0.05) is 5.92 Å². The smallest absolute Gasteiger partial charge is 0.0634 e. The highest BCUT2D eigenvalue weighted by molar-refractivity contribution is 5.21. The predicted octanol–water partition coefficient (Wildman–Crippen LogP) is 3.44. The Morgan fingerprint density at radius 3 is 1.80 bits per heavy atom. The van der Waals surface area contributed by atoms with Crippen LogP contribution in [0.5, 0.6) is 0 Å². The molecular formula is C14H22O. The molecule has 0 unspecified atom stereocenters. The van der Waals surface area contributed by atoms with Gasteiger partial charge in [-0.3, -0.25) is 0 Å². The highest BCUT2D eigenvalue weighted by atomic mass is 16.3. The maximum atomic E-state index is 10.2. The molecule has 0 heterocycles. The van der Waals surface area contributed by atoms with Crippen LogP contribution >= 0.6 is 0 Å². The van der Waals surface area contributed by atoms with E-state index in [9.17, 15) is 5.11 Å². The molecule has 1 N–H and O–H groups in total. The molecule has 0 fully saturated rings. The van der Waals surface area contributed by atoms with Crippen LogP contribution in [0.2, 0.25) is 0 Å². The molecule has 0 aliphatic carbocycles. The Morgan fingerprint density at radius 2 is 1.40 bits per heavy atom. The van der Waals surface area contributed by atoms with Crippen LogP contribution < -0.4 is 0 Å². The van der Waals surface area contributed by atoms with Crippen LogP contribution in [-0.4, -0.2) is 11.2 Å². The second kappa shape index (κ2) is 5.32. The van der Waals surface area contributed by atoms with Gasteiger partial charge in [-0.2, -0.15) is 0 Å².